The van der Waals surface area contributed by atoms with Crippen molar-refractivity contribution in [1.29, 1.82) is 0 Å². The Morgan fingerprint density at radius 2 is 0.963 bits per heavy atom. The van der Waals surface area contributed by atoms with Crippen LogP contribution in [0.1, 0.15) is 143 Å². The summed E-state index contributed by atoms with van der Waals surface area (Å²) in [6.45, 7) is 15.9. The first kappa shape index (κ1) is 56.8. The smallest absolute Gasteiger partial charge is 0.252 e. The van der Waals surface area contributed by atoms with E-state index in [2.05, 4.69) is 47.8 Å². The first-order chi connectivity index (χ1) is 37.9. The van der Waals surface area contributed by atoms with Crippen molar-refractivity contribution in [3.05, 3.63) is 136 Å². The van der Waals surface area contributed by atoms with Gasteiger partial charge in [0.05, 0.1) is 34.0 Å². The lowest BCUT2D eigenvalue weighted by molar-refractivity contribution is -0.171. The highest BCUT2D eigenvalue weighted by Gasteiger charge is 2.68. The number of amides is 3. The SMILES string of the molecule is C=CCN1CC[C@]23CC(=O)CC[C@@]2(O)[C@H]1Cc1ccc(C(N)=O)c(O)c13.C=CCN1CC[C@]23CC(O)C=C[C@@]2(O)[C@H]1Cc1ccc(C(N)=O)c(O)c13.CC(C)=CCN1CC[C@]23CC(=O)CC[C@@]2(O)[C@H]1Cc1ccc(C(N)=O)c(O)c13. The summed E-state index contributed by atoms with van der Waals surface area (Å²) in [5, 5.41) is 78.6. The summed E-state index contributed by atoms with van der Waals surface area (Å²) in [7, 11) is 0. The summed E-state index contributed by atoms with van der Waals surface area (Å²) in [6, 6.07) is 9.61. The lowest BCUT2D eigenvalue weighted by Crippen LogP contribution is -2.73. The second kappa shape index (κ2) is 20.5. The number of ketones is 2. The quantitative estimate of drug-likeness (QED) is 0.137. The van der Waals surface area contributed by atoms with Crippen molar-refractivity contribution in [1.82, 2.24) is 14.7 Å². The van der Waals surface area contributed by atoms with Gasteiger partial charge in [0.1, 0.15) is 34.4 Å². The van der Waals surface area contributed by atoms with Gasteiger partial charge in [-0.05, 0) is 126 Å². The number of aliphatic hydroxyl groups is 4. The normalized spacial score (nSPS) is 33.4. The minimum atomic E-state index is -1.24. The maximum atomic E-state index is 12.5. The maximum Gasteiger partial charge on any atom is 0.252 e. The summed E-state index contributed by atoms with van der Waals surface area (Å²) >= 11 is 0. The number of hydrogen-bond acceptors (Lipinski definition) is 15. The Balaban J connectivity index is 0.000000135. The summed E-state index contributed by atoms with van der Waals surface area (Å²) in [5.74, 6) is -2.42. The van der Waals surface area contributed by atoms with E-state index in [0.29, 0.717) is 113 Å². The Bertz CT molecular complexity index is 3120. The highest BCUT2D eigenvalue weighted by molar-refractivity contribution is 5.98. The van der Waals surface area contributed by atoms with Gasteiger partial charge in [-0.15, -0.1) is 13.2 Å². The molecule has 3 aliphatic heterocycles. The zero-order valence-corrected chi connectivity index (χ0v) is 45.8. The molecule has 6 aliphatic carbocycles. The highest BCUT2D eigenvalue weighted by atomic mass is 16.3. The molecular formula is C62H76N6O12. The Labute approximate surface area is 465 Å². The molecule has 1 unspecified atom stereocenters. The molecule has 80 heavy (non-hydrogen) atoms. The molecule has 426 valence electrons. The maximum absolute atomic E-state index is 12.5. The molecule has 2 saturated carbocycles. The number of hydrogen-bond donors (Lipinski definition) is 10. The minimum Gasteiger partial charge on any atom is -0.507 e. The molecule has 3 aromatic rings. The first-order valence-corrected chi connectivity index (χ1v) is 28.0. The predicted molar refractivity (Wildman–Crippen MR) is 298 cm³/mol. The zero-order valence-electron chi connectivity index (χ0n) is 45.8. The van der Waals surface area contributed by atoms with Gasteiger partial charge in [-0.1, -0.05) is 54.2 Å². The number of nitrogens with two attached hydrogens (primary N) is 3. The Morgan fingerprint density at radius 3 is 1.36 bits per heavy atom. The fourth-order valence-electron chi connectivity index (χ4n) is 16.7. The van der Waals surface area contributed by atoms with E-state index < -0.39 is 56.9 Å². The van der Waals surface area contributed by atoms with Gasteiger partial charge in [0.2, 0.25) is 0 Å². The number of nitrogens with zero attached hydrogens (tertiary/aromatic N) is 3. The van der Waals surface area contributed by atoms with Gasteiger partial charge in [-0.2, -0.15) is 0 Å². The van der Waals surface area contributed by atoms with Crippen molar-refractivity contribution in [3.8, 4) is 17.2 Å². The molecule has 0 aromatic heterocycles. The first-order valence-electron chi connectivity index (χ1n) is 28.0. The summed E-state index contributed by atoms with van der Waals surface area (Å²) in [6.07, 6.45) is 13.8. The van der Waals surface area contributed by atoms with Crippen LogP contribution in [0.3, 0.4) is 0 Å². The molecule has 5 fully saturated rings. The number of aliphatic hydroxyl groups excluding tert-OH is 1. The third-order valence-corrected chi connectivity index (χ3v) is 20.3. The van der Waals surface area contributed by atoms with Crippen molar-refractivity contribution < 1.29 is 59.7 Å². The number of fused-ring (bicyclic) bond motifs is 3. The van der Waals surface area contributed by atoms with Gasteiger partial charge in [-0.3, -0.25) is 38.7 Å². The number of carbonyl (C=O) groups excluding carboxylic acids is 5. The molecule has 3 aromatic carbocycles. The summed E-state index contributed by atoms with van der Waals surface area (Å²) in [4.78, 5) is 66.8. The number of carbonyl (C=O) groups is 5. The van der Waals surface area contributed by atoms with Gasteiger partial charge in [0.25, 0.3) is 17.7 Å². The van der Waals surface area contributed by atoms with Gasteiger partial charge < -0.3 is 52.9 Å². The molecule has 0 spiro atoms. The zero-order chi connectivity index (χ0) is 57.6. The van der Waals surface area contributed by atoms with E-state index in [1.54, 1.807) is 30.4 Å². The Hall–Kier alpha value is -6.51. The average molecular weight is 1100 g/mol. The Kier molecular flexibility index (Phi) is 14.5. The third-order valence-electron chi connectivity index (χ3n) is 20.3. The predicted octanol–water partition coefficient (Wildman–Crippen LogP) is 3.44. The van der Waals surface area contributed by atoms with Crippen molar-refractivity contribution >= 4 is 29.3 Å². The van der Waals surface area contributed by atoms with Gasteiger partial charge >= 0.3 is 0 Å². The molecule has 18 nitrogen and oxygen atoms in total. The molecule has 18 heteroatoms. The molecule has 0 radical (unpaired) electrons. The monoisotopic (exact) mass is 1100 g/mol. The fourth-order valence-corrected chi connectivity index (χ4v) is 16.7. The molecule has 3 heterocycles. The van der Waals surface area contributed by atoms with Crippen LogP contribution in [0.25, 0.3) is 0 Å². The Morgan fingerprint density at radius 1 is 0.588 bits per heavy atom. The van der Waals surface area contributed by atoms with Gasteiger partial charge in [-0.25, -0.2) is 0 Å². The van der Waals surface area contributed by atoms with Crippen LogP contribution in [0.4, 0.5) is 0 Å². The van der Waals surface area contributed by atoms with Crippen molar-refractivity contribution in [3.63, 3.8) is 0 Å². The molecule has 13 N–H and O–H groups in total. The lowest BCUT2D eigenvalue weighted by Gasteiger charge is -2.63. The summed E-state index contributed by atoms with van der Waals surface area (Å²) in [5.41, 5.74) is 15.9. The van der Waals surface area contributed by atoms with Crippen molar-refractivity contribution in [2.24, 2.45) is 17.2 Å². The number of rotatable bonds is 9. The van der Waals surface area contributed by atoms with Crippen LogP contribution in [-0.4, -0.2) is 160 Å². The second-order valence-electron chi connectivity index (χ2n) is 24.3. The average Bonchev–Trinajstić information content (AvgIpc) is 2.44. The number of likely N-dealkylation sites (tertiary alicyclic amines) is 3. The van der Waals surface area contributed by atoms with Crippen LogP contribution in [-0.2, 0) is 45.1 Å². The molecule has 9 aliphatic rings. The number of aromatic hydroxyl groups is 3. The number of allylic oxidation sites excluding steroid dienone is 1. The van der Waals surface area contributed by atoms with E-state index in [4.69, 9.17) is 17.2 Å². The summed E-state index contributed by atoms with van der Waals surface area (Å²) < 4.78 is 0. The van der Waals surface area contributed by atoms with Crippen LogP contribution in [0.2, 0.25) is 0 Å². The standard InChI is InChI=1S/C22H28N2O4.2C20H24N2O4/c1-13(2)6-9-24-10-8-21-12-15(25)5-7-22(21,28)17(24)11-14-3-4-16(20(23)27)19(26)18(14)21;2*1-2-8-22-9-7-19-11-13(23)5-6-20(19,26)15(22)10-12-3-4-14(18(21)25)17(24)16(12)19/h3-4,6,17,26,28H,5,7-12H2,1-2H3,(H2,23,27);2-4,15,24,26H,1,5-11H2,(H2,21,25);2-6,13,15,23-24,26H,1,7-11H2,(H2,21,25)/t17-,21-,22-;15-,19-,20-;13?,15-,19-,20-/m111/s1. The molecule has 12 rings (SSSR count). The molecule has 3 amide bonds. The second-order valence-corrected chi connectivity index (χ2v) is 24.3. The van der Waals surface area contributed by atoms with Gasteiger partial charge in [0.15, 0.2) is 0 Å². The lowest BCUT2D eigenvalue weighted by atomic mass is 9.49. The number of Topliss-reactive ketones (excluding diaryl/α,β-unsaturated/α-hetero) is 2. The number of phenols is 3. The minimum absolute atomic E-state index is 0.0467. The molecule has 6 bridgehead atoms. The van der Waals surface area contributed by atoms with E-state index in [1.165, 1.54) is 11.6 Å². The van der Waals surface area contributed by atoms with Crippen LogP contribution in [0, 0.1) is 0 Å². The van der Waals surface area contributed by atoms with Crippen LogP contribution in [0.15, 0.2) is 85.5 Å². The van der Waals surface area contributed by atoms with Crippen LogP contribution in [0.5, 0.6) is 17.2 Å². The van der Waals surface area contributed by atoms with E-state index in [-0.39, 0.29) is 76.5 Å². The molecular weight excluding hydrogens is 1020 g/mol. The fraction of sp³-hybridized carbons (Fsp3) is 0.500. The molecule has 3 saturated heterocycles. The van der Waals surface area contributed by atoms with Crippen LogP contribution < -0.4 is 17.2 Å². The third kappa shape index (κ3) is 8.41. The van der Waals surface area contributed by atoms with E-state index in [1.807, 2.05) is 24.3 Å². The number of primary amides is 3. The van der Waals surface area contributed by atoms with Crippen molar-refractivity contribution in [2.45, 2.75) is 155 Å². The van der Waals surface area contributed by atoms with E-state index >= 15 is 0 Å². The number of piperidine rings is 3. The topological polar surface area (TPSA) is 315 Å². The van der Waals surface area contributed by atoms with Crippen LogP contribution >= 0.6 is 0 Å². The largest absolute Gasteiger partial charge is 0.507 e. The van der Waals surface area contributed by atoms with E-state index in [9.17, 15) is 59.7 Å². The number of benzene rings is 3. The van der Waals surface area contributed by atoms with Gasteiger partial charge in [0, 0.05) is 96.4 Å². The molecule has 10 atom stereocenters. The highest BCUT2D eigenvalue weighted by Crippen LogP contribution is 2.62. The van der Waals surface area contributed by atoms with Crippen molar-refractivity contribution in [2.75, 3.05) is 39.3 Å². The van der Waals surface area contributed by atoms with E-state index in [0.717, 1.165) is 29.8 Å².